The fraction of sp³-hybridized carbons (Fsp3) is 0.292. The van der Waals surface area contributed by atoms with Gasteiger partial charge in [-0.3, -0.25) is 18.7 Å². The van der Waals surface area contributed by atoms with E-state index >= 15 is 0 Å². The lowest BCUT2D eigenvalue weighted by Gasteiger charge is -2.36. The first-order valence-electron chi connectivity index (χ1n) is 10.4. The van der Waals surface area contributed by atoms with Crippen LogP contribution < -0.4 is 16.1 Å². The Kier molecular flexibility index (Phi) is 5.50. The van der Waals surface area contributed by atoms with E-state index in [0.717, 1.165) is 15.8 Å². The first-order valence-corrected chi connectivity index (χ1v) is 10.4. The molecule has 0 aliphatic carbocycles. The summed E-state index contributed by atoms with van der Waals surface area (Å²) in [6.45, 7) is 5.88. The van der Waals surface area contributed by atoms with E-state index in [-0.39, 0.29) is 17.2 Å². The summed E-state index contributed by atoms with van der Waals surface area (Å²) in [6.07, 6.45) is 0. The maximum Gasteiger partial charge on any atom is 0.335 e. The minimum atomic E-state index is -0.370. The number of carbonyl (C=O) groups is 1. The number of rotatable bonds is 3. The van der Waals surface area contributed by atoms with Crippen LogP contribution in [-0.2, 0) is 7.05 Å². The molecule has 0 atom stereocenters. The van der Waals surface area contributed by atoms with Crippen molar-refractivity contribution in [3.8, 4) is 5.69 Å². The Morgan fingerprint density at radius 2 is 1.45 bits per heavy atom. The molecule has 1 saturated heterocycles. The molecule has 0 saturated carbocycles. The first-order chi connectivity index (χ1) is 14.9. The summed E-state index contributed by atoms with van der Waals surface area (Å²) in [7, 11) is 1.50. The van der Waals surface area contributed by atoms with Crippen LogP contribution in [0.2, 0.25) is 0 Å². The van der Waals surface area contributed by atoms with Crippen LogP contribution in [-0.4, -0.2) is 46.1 Å². The van der Waals surface area contributed by atoms with Gasteiger partial charge in [-0.1, -0.05) is 35.9 Å². The SMILES string of the molecule is Cc1ccc(C(=O)N2CCN(c3c(C)n(-c4ccccc4)c(=O)n(C)c3=O)CC2)cc1. The van der Waals surface area contributed by atoms with E-state index in [1.807, 2.05) is 71.3 Å². The molecule has 7 nitrogen and oxygen atoms in total. The Bertz CT molecular complexity index is 1220. The van der Waals surface area contributed by atoms with Crippen molar-refractivity contribution in [1.29, 1.82) is 0 Å². The van der Waals surface area contributed by atoms with Crippen LogP contribution >= 0.6 is 0 Å². The molecular formula is C24H26N4O3. The average molecular weight is 418 g/mol. The standard InChI is InChI=1S/C24H26N4O3/c1-17-9-11-19(12-10-17)22(29)27-15-13-26(14-16-27)21-18(2)28(20-7-5-4-6-8-20)24(31)25(3)23(21)30/h4-12H,13-16H2,1-3H3. The van der Waals surface area contributed by atoms with Gasteiger partial charge >= 0.3 is 5.69 Å². The van der Waals surface area contributed by atoms with Crippen LogP contribution in [0.1, 0.15) is 21.6 Å². The number of anilines is 1. The molecule has 0 unspecified atom stereocenters. The minimum Gasteiger partial charge on any atom is -0.362 e. The van der Waals surface area contributed by atoms with E-state index in [1.165, 1.54) is 7.05 Å². The molecule has 0 bridgehead atoms. The van der Waals surface area contributed by atoms with Gasteiger partial charge in [-0.25, -0.2) is 4.79 Å². The molecule has 1 aliphatic heterocycles. The molecule has 4 rings (SSSR count). The third kappa shape index (κ3) is 3.79. The van der Waals surface area contributed by atoms with E-state index in [0.29, 0.717) is 43.1 Å². The first kappa shape index (κ1) is 20.7. The van der Waals surface area contributed by atoms with Gasteiger partial charge in [0.25, 0.3) is 11.5 Å². The lowest BCUT2D eigenvalue weighted by atomic mass is 10.1. The van der Waals surface area contributed by atoms with Gasteiger partial charge < -0.3 is 9.80 Å². The van der Waals surface area contributed by atoms with Gasteiger partial charge in [-0.2, -0.15) is 0 Å². The monoisotopic (exact) mass is 418 g/mol. The summed E-state index contributed by atoms with van der Waals surface area (Å²) >= 11 is 0. The van der Waals surface area contributed by atoms with Gasteiger partial charge in [0.1, 0.15) is 5.69 Å². The van der Waals surface area contributed by atoms with E-state index in [4.69, 9.17) is 0 Å². The molecule has 2 heterocycles. The molecule has 7 heteroatoms. The largest absolute Gasteiger partial charge is 0.362 e. The van der Waals surface area contributed by atoms with Crippen molar-refractivity contribution in [2.45, 2.75) is 13.8 Å². The van der Waals surface area contributed by atoms with Gasteiger partial charge in [0.15, 0.2) is 0 Å². The second-order valence-corrected chi connectivity index (χ2v) is 7.90. The van der Waals surface area contributed by atoms with Crippen molar-refractivity contribution in [2.24, 2.45) is 7.05 Å². The topological polar surface area (TPSA) is 67.6 Å². The van der Waals surface area contributed by atoms with Crippen molar-refractivity contribution < 1.29 is 4.79 Å². The minimum absolute atomic E-state index is 0.00136. The molecule has 2 aromatic carbocycles. The summed E-state index contributed by atoms with van der Waals surface area (Å²) in [5, 5.41) is 0. The fourth-order valence-corrected chi connectivity index (χ4v) is 4.06. The van der Waals surface area contributed by atoms with Gasteiger partial charge in [0, 0.05) is 38.8 Å². The molecule has 160 valence electrons. The number of aryl methyl sites for hydroxylation is 1. The van der Waals surface area contributed by atoms with Crippen LogP contribution in [0.25, 0.3) is 5.69 Å². The van der Waals surface area contributed by atoms with Gasteiger partial charge in [0.05, 0.1) is 11.4 Å². The predicted molar refractivity (Wildman–Crippen MR) is 121 cm³/mol. The van der Waals surface area contributed by atoms with Crippen molar-refractivity contribution in [3.63, 3.8) is 0 Å². The Morgan fingerprint density at radius 3 is 2.06 bits per heavy atom. The van der Waals surface area contributed by atoms with E-state index in [9.17, 15) is 14.4 Å². The normalized spacial score (nSPS) is 14.0. The molecule has 31 heavy (non-hydrogen) atoms. The number of para-hydroxylation sites is 1. The van der Waals surface area contributed by atoms with Crippen molar-refractivity contribution in [2.75, 3.05) is 31.1 Å². The molecule has 1 aliphatic rings. The van der Waals surface area contributed by atoms with Gasteiger partial charge in [0.2, 0.25) is 0 Å². The molecule has 3 aromatic rings. The summed E-state index contributed by atoms with van der Waals surface area (Å²) in [6, 6.07) is 16.9. The van der Waals surface area contributed by atoms with Gasteiger partial charge in [-0.05, 0) is 38.1 Å². The fourth-order valence-electron chi connectivity index (χ4n) is 4.06. The lowest BCUT2D eigenvalue weighted by Crippen LogP contribution is -2.52. The lowest BCUT2D eigenvalue weighted by molar-refractivity contribution is 0.0746. The Balaban J connectivity index is 1.62. The van der Waals surface area contributed by atoms with Crippen molar-refractivity contribution in [1.82, 2.24) is 14.0 Å². The van der Waals surface area contributed by atoms with Crippen LogP contribution in [0.15, 0.2) is 64.2 Å². The molecule has 1 aromatic heterocycles. The van der Waals surface area contributed by atoms with E-state index in [2.05, 4.69) is 0 Å². The van der Waals surface area contributed by atoms with Crippen molar-refractivity contribution in [3.05, 3.63) is 92.3 Å². The molecule has 0 spiro atoms. The highest BCUT2D eigenvalue weighted by Crippen LogP contribution is 2.19. The second-order valence-electron chi connectivity index (χ2n) is 7.90. The zero-order chi connectivity index (χ0) is 22.1. The predicted octanol–water partition coefficient (Wildman–Crippen LogP) is 2.12. The van der Waals surface area contributed by atoms with Crippen LogP contribution in [0.3, 0.4) is 0 Å². The average Bonchev–Trinajstić information content (AvgIpc) is 2.79. The van der Waals surface area contributed by atoms with E-state index < -0.39 is 0 Å². The molecule has 1 fully saturated rings. The molecular weight excluding hydrogens is 392 g/mol. The highest BCUT2D eigenvalue weighted by Gasteiger charge is 2.26. The third-order valence-corrected chi connectivity index (χ3v) is 5.86. The number of piperazine rings is 1. The summed E-state index contributed by atoms with van der Waals surface area (Å²) < 4.78 is 2.72. The van der Waals surface area contributed by atoms with Crippen LogP contribution in [0.5, 0.6) is 0 Å². The van der Waals surface area contributed by atoms with Gasteiger partial charge in [-0.15, -0.1) is 0 Å². The maximum absolute atomic E-state index is 13.0. The Hall–Kier alpha value is -3.61. The summed E-state index contributed by atoms with van der Waals surface area (Å²) in [5.41, 5.74) is 2.93. The highest BCUT2D eigenvalue weighted by atomic mass is 16.2. The zero-order valence-corrected chi connectivity index (χ0v) is 18.0. The van der Waals surface area contributed by atoms with Crippen molar-refractivity contribution >= 4 is 11.6 Å². The number of nitrogens with zero attached hydrogens (tertiary/aromatic N) is 4. The number of aromatic nitrogens is 2. The number of hydrogen-bond acceptors (Lipinski definition) is 4. The molecule has 1 amide bonds. The zero-order valence-electron chi connectivity index (χ0n) is 18.0. The number of carbonyl (C=O) groups excluding carboxylic acids is 1. The number of amides is 1. The smallest absolute Gasteiger partial charge is 0.335 e. The Labute approximate surface area is 180 Å². The summed E-state index contributed by atoms with van der Waals surface area (Å²) in [4.78, 5) is 42.4. The van der Waals surface area contributed by atoms with Crippen LogP contribution in [0, 0.1) is 13.8 Å². The van der Waals surface area contributed by atoms with E-state index in [1.54, 1.807) is 11.5 Å². The molecule has 0 N–H and O–H groups in total. The quantitative estimate of drug-likeness (QED) is 0.654. The van der Waals surface area contributed by atoms with Crippen LogP contribution in [0.4, 0.5) is 5.69 Å². The Morgan fingerprint density at radius 1 is 0.839 bits per heavy atom. The number of hydrogen-bond donors (Lipinski definition) is 0. The highest BCUT2D eigenvalue weighted by molar-refractivity contribution is 5.94. The third-order valence-electron chi connectivity index (χ3n) is 5.86. The second kappa shape index (κ2) is 8.26. The number of benzene rings is 2. The maximum atomic E-state index is 13.0. The summed E-state index contributed by atoms with van der Waals surface area (Å²) in [5.74, 6) is -0.00136. The molecule has 0 radical (unpaired) electrons.